The van der Waals surface area contributed by atoms with Crippen LogP contribution in [-0.4, -0.2) is 19.7 Å². The number of methoxy groups -OCH3 is 1. The van der Waals surface area contributed by atoms with E-state index in [1.54, 1.807) is 13.2 Å². The summed E-state index contributed by atoms with van der Waals surface area (Å²) in [4.78, 5) is 0. The second-order valence-corrected chi connectivity index (χ2v) is 3.97. The highest BCUT2D eigenvalue weighted by molar-refractivity contribution is 6.30. The van der Waals surface area contributed by atoms with E-state index < -0.39 is 0 Å². The van der Waals surface area contributed by atoms with Crippen LogP contribution in [0, 0.1) is 0 Å². The lowest BCUT2D eigenvalue weighted by Crippen LogP contribution is -2.19. The van der Waals surface area contributed by atoms with E-state index in [1.807, 2.05) is 19.1 Å². The van der Waals surface area contributed by atoms with Crippen molar-refractivity contribution in [2.45, 2.75) is 19.4 Å². The average molecular weight is 229 g/mol. The molecule has 1 aromatic carbocycles. The van der Waals surface area contributed by atoms with Gasteiger partial charge in [-0.05, 0) is 31.5 Å². The molecule has 84 valence electrons. The van der Waals surface area contributed by atoms with Gasteiger partial charge in [-0.3, -0.25) is 0 Å². The van der Waals surface area contributed by atoms with Gasteiger partial charge in [-0.2, -0.15) is 0 Å². The summed E-state index contributed by atoms with van der Waals surface area (Å²) in [6.07, 6.45) is 0.912. The molecule has 1 rings (SSSR count). The van der Waals surface area contributed by atoms with E-state index in [2.05, 4.69) is 5.32 Å². The van der Waals surface area contributed by atoms with Gasteiger partial charge in [-0.1, -0.05) is 11.6 Å². The summed E-state index contributed by atoms with van der Waals surface area (Å²) in [6, 6.07) is 5.69. The summed E-state index contributed by atoms with van der Waals surface area (Å²) in [6.45, 7) is 2.80. The Hall–Kier alpha value is -0.930. The summed E-state index contributed by atoms with van der Waals surface area (Å²) in [5.74, 6) is 0.795. The van der Waals surface area contributed by atoms with Gasteiger partial charge in [0, 0.05) is 17.6 Å². The fraction of sp³-hybridized carbons (Fsp3) is 0.455. The first-order chi connectivity index (χ1) is 7.13. The van der Waals surface area contributed by atoms with Crippen molar-refractivity contribution in [3.63, 3.8) is 0 Å². The summed E-state index contributed by atoms with van der Waals surface area (Å²) >= 11 is 5.90. The second-order valence-electron chi connectivity index (χ2n) is 3.54. The molecule has 0 saturated heterocycles. The van der Waals surface area contributed by atoms with Gasteiger partial charge in [0.25, 0.3) is 0 Å². The van der Waals surface area contributed by atoms with Crippen molar-refractivity contribution >= 4 is 17.3 Å². The summed E-state index contributed by atoms with van der Waals surface area (Å²) in [5.41, 5.74) is 6.57. The first-order valence-electron chi connectivity index (χ1n) is 4.96. The topological polar surface area (TPSA) is 47.3 Å². The Morgan fingerprint density at radius 2 is 2.27 bits per heavy atom. The molecule has 0 aliphatic heterocycles. The normalized spacial score (nSPS) is 12.3. The van der Waals surface area contributed by atoms with Crippen LogP contribution in [0.25, 0.3) is 0 Å². The maximum Gasteiger partial charge on any atom is 0.142 e. The summed E-state index contributed by atoms with van der Waals surface area (Å²) in [5, 5.41) is 3.94. The highest BCUT2D eigenvalue weighted by Gasteiger charge is 2.03. The zero-order chi connectivity index (χ0) is 11.3. The minimum absolute atomic E-state index is 0.197. The van der Waals surface area contributed by atoms with Crippen molar-refractivity contribution < 1.29 is 4.74 Å². The smallest absolute Gasteiger partial charge is 0.142 e. The van der Waals surface area contributed by atoms with Crippen molar-refractivity contribution in [3.8, 4) is 5.75 Å². The van der Waals surface area contributed by atoms with Crippen LogP contribution in [0.4, 0.5) is 5.69 Å². The van der Waals surface area contributed by atoms with E-state index in [0.29, 0.717) is 5.02 Å². The second kappa shape index (κ2) is 5.83. The third-order valence-corrected chi connectivity index (χ3v) is 2.31. The Morgan fingerprint density at radius 3 is 2.87 bits per heavy atom. The molecule has 0 bridgehead atoms. The highest BCUT2D eigenvalue weighted by Crippen LogP contribution is 2.27. The Bertz CT molecular complexity index is 315. The highest BCUT2D eigenvalue weighted by atomic mass is 35.5. The van der Waals surface area contributed by atoms with Gasteiger partial charge in [-0.15, -0.1) is 0 Å². The monoisotopic (exact) mass is 228 g/mol. The number of benzene rings is 1. The van der Waals surface area contributed by atoms with Crippen molar-refractivity contribution in [2.75, 3.05) is 19.0 Å². The molecule has 1 unspecified atom stereocenters. The van der Waals surface area contributed by atoms with Gasteiger partial charge in [0.1, 0.15) is 5.75 Å². The Labute approximate surface area is 95.6 Å². The van der Waals surface area contributed by atoms with E-state index in [4.69, 9.17) is 22.1 Å². The average Bonchev–Trinajstić information content (AvgIpc) is 2.17. The van der Waals surface area contributed by atoms with Gasteiger partial charge in [-0.25, -0.2) is 0 Å². The predicted octanol–water partition coefficient (Wildman–Crippen LogP) is 2.50. The molecule has 0 saturated carbocycles. The zero-order valence-corrected chi connectivity index (χ0v) is 9.84. The van der Waals surface area contributed by atoms with Crippen molar-refractivity contribution in [1.29, 1.82) is 0 Å². The largest absolute Gasteiger partial charge is 0.495 e. The molecule has 1 atom stereocenters. The number of anilines is 1. The SMILES string of the molecule is COc1ccc(Cl)cc1NCCC(C)N. The lowest BCUT2D eigenvalue weighted by molar-refractivity contribution is 0.416. The predicted molar refractivity (Wildman–Crippen MR) is 64.8 cm³/mol. The van der Waals surface area contributed by atoms with Crippen LogP contribution in [0.15, 0.2) is 18.2 Å². The number of rotatable bonds is 5. The van der Waals surface area contributed by atoms with Crippen LogP contribution in [0.3, 0.4) is 0 Å². The van der Waals surface area contributed by atoms with E-state index in [1.165, 1.54) is 0 Å². The van der Waals surface area contributed by atoms with Crippen LogP contribution in [0.5, 0.6) is 5.75 Å². The third kappa shape index (κ3) is 3.98. The lowest BCUT2D eigenvalue weighted by atomic mass is 10.2. The molecule has 0 aromatic heterocycles. The zero-order valence-electron chi connectivity index (χ0n) is 9.09. The molecule has 3 N–H and O–H groups in total. The molecule has 0 spiro atoms. The molecule has 0 fully saturated rings. The standard InChI is InChI=1S/C11H17ClN2O/c1-8(13)5-6-14-10-7-9(12)3-4-11(10)15-2/h3-4,7-8,14H,5-6,13H2,1-2H3. The summed E-state index contributed by atoms with van der Waals surface area (Å²) in [7, 11) is 1.64. The molecule has 1 aromatic rings. The Balaban J connectivity index is 2.62. The number of hydrogen-bond donors (Lipinski definition) is 2. The number of halogens is 1. The first-order valence-corrected chi connectivity index (χ1v) is 5.34. The molecule has 4 heteroatoms. The van der Waals surface area contributed by atoms with Crippen LogP contribution >= 0.6 is 11.6 Å². The minimum atomic E-state index is 0.197. The van der Waals surface area contributed by atoms with Gasteiger partial charge < -0.3 is 15.8 Å². The van der Waals surface area contributed by atoms with Crippen molar-refractivity contribution in [2.24, 2.45) is 5.73 Å². The van der Waals surface area contributed by atoms with Crippen LogP contribution in [0.2, 0.25) is 5.02 Å². The van der Waals surface area contributed by atoms with Crippen molar-refractivity contribution in [1.82, 2.24) is 0 Å². The molecule has 15 heavy (non-hydrogen) atoms. The number of ether oxygens (including phenoxy) is 1. The molecular formula is C11H17ClN2O. The van der Waals surface area contributed by atoms with Gasteiger partial charge >= 0.3 is 0 Å². The number of nitrogens with two attached hydrogens (primary N) is 1. The molecular weight excluding hydrogens is 212 g/mol. The molecule has 3 nitrogen and oxygen atoms in total. The maximum atomic E-state index is 5.90. The molecule has 0 aliphatic rings. The fourth-order valence-electron chi connectivity index (χ4n) is 1.25. The molecule has 0 radical (unpaired) electrons. The first kappa shape index (κ1) is 12.1. The Morgan fingerprint density at radius 1 is 1.53 bits per heavy atom. The van der Waals surface area contributed by atoms with Crippen molar-refractivity contribution in [3.05, 3.63) is 23.2 Å². The van der Waals surface area contributed by atoms with E-state index >= 15 is 0 Å². The van der Waals surface area contributed by atoms with E-state index in [0.717, 1.165) is 24.4 Å². The quantitative estimate of drug-likeness (QED) is 0.814. The van der Waals surface area contributed by atoms with E-state index in [-0.39, 0.29) is 6.04 Å². The summed E-state index contributed by atoms with van der Waals surface area (Å²) < 4.78 is 5.21. The number of nitrogens with one attached hydrogen (secondary N) is 1. The Kier molecular flexibility index (Phi) is 4.72. The van der Waals surface area contributed by atoms with Gasteiger partial charge in [0.15, 0.2) is 0 Å². The van der Waals surface area contributed by atoms with Gasteiger partial charge in [0.05, 0.1) is 12.8 Å². The van der Waals surface area contributed by atoms with Crippen LogP contribution in [0.1, 0.15) is 13.3 Å². The molecule has 0 amide bonds. The molecule has 0 heterocycles. The molecule has 0 aliphatic carbocycles. The fourth-order valence-corrected chi connectivity index (χ4v) is 1.42. The van der Waals surface area contributed by atoms with E-state index in [9.17, 15) is 0 Å². The maximum absolute atomic E-state index is 5.90. The minimum Gasteiger partial charge on any atom is -0.495 e. The van der Waals surface area contributed by atoms with Crippen LogP contribution < -0.4 is 15.8 Å². The van der Waals surface area contributed by atoms with Crippen LogP contribution in [-0.2, 0) is 0 Å². The number of hydrogen-bond acceptors (Lipinski definition) is 3. The third-order valence-electron chi connectivity index (χ3n) is 2.08. The lowest BCUT2D eigenvalue weighted by Gasteiger charge is -2.12. The van der Waals surface area contributed by atoms with Gasteiger partial charge in [0.2, 0.25) is 0 Å².